The molecule has 12 unspecified atom stereocenters. The maximum absolute atomic E-state index is 12.7. The van der Waals surface area contributed by atoms with Crippen LogP contribution in [0.25, 0.3) is 0 Å². The van der Waals surface area contributed by atoms with E-state index in [4.69, 9.17) is 19.9 Å². The summed E-state index contributed by atoms with van der Waals surface area (Å²) in [6.07, 6.45) is -8.22. The molecule has 43 heavy (non-hydrogen) atoms. The second-order valence-corrected chi connectivity index (χ2v) is 11.4. The molecule has 11 N–H and O–H groups in total. The van der Waals surface area contributed by atoms with Crippen LogP contribution in [0.5, 0.6) is 0 Å². The summed E-state index contributed by atoms with van der Waals surface area (Å²) in [5, 5.41) is 70.5. The van der Waals surface area contributed by atoms with Crippen molar-refractivity contribution in [1.29, 1.82) is 0 Å². The van der Waals surface area contributed by atoms with E-state index in [1.54, 1.807) is 14.0 Å². The van der Waals surface area contributed by atoms with Gasteiger partial charge in [-0.3, -0.25) is 9.59 Å². The molecule has 2 rings (SSSR count). The molecule has 12 atom stereocenters. The zero-order chi connectivity index (χ0) is 32.1. The van der Waals surface area contributed by atoms with Crippen LogP contribution in [-0.2, 0) is 23.8 Å². The van der Waals surface area contributed by atoms with E-state index < -0.39 is 73.3 Å². The van der Waals surface area contributed by atoms with Gasteiger partial charge in [-0.15, -0.1) is 0 Å². The number of aliphatic hydroxyl groups excluding tert-OH is 6. The van der Waals surface area contributed by atoms with E-state index in [0.717, 1.165) is 12.8 Å². The van der Waals surface area contributed by atoms with E-state index in [1.807, 2.05) is 0 Å². The Labute approximate surface area is 253 Å². The maximum Gasteiger partial charge on any atom is 0.237 e. The number of Topliss-reactive ketones (excluding diaryl/α,β-unsaturated/α-hetero) is 1. The van der Waals surface area contributed by atoms with Crippen LogP contribution in [0.3, 0.4) is 0 Å². The lowest BCUT2D eigenvalue weighted by Crippen LogP contribution is -2.62. The fourth-order valence-electron chi connectivity index (χ4n) is 5.31. The highest BCUT2D eigenvalue weighted by Crippen LogP contribution is 2.26. The van der Waals surface area contributed by atoms with Crippen molar-refractivity contribution in [2.75, 3.05) is 33.3 Å². The average molecular weight is 623 g/mol. The average Bonchev–Trinajstić information content (AvgIpc) is 2.99. The van der Waals surface area contributed by atoms with Crippen LogP contribution in [0.1, 0.15) is 58.8 Å². The van der Waals surface area contributed by atoms with Crippen LogP contribution < -0.4 is 21.7 Å². The van der Waals surface area contributed by atoms with Crippen molar-refractivity contribution in [3.05, 3.63) is 0 Å². The highest BCUT2D eigenvalue weighted by atomic mass is 16.7. The number of carbonyl (C=O) groups excluding carboxylic acids is 2. The first-order valence-electron chi connectivity index (χ1n) is 15.4. The van der Waals surface area contributed by atoms with Gasteiger partial charge in [0.25, 0.3) is 0 Å². The summed E-state index contributed by atoms with van der Waals surface area (Å²) in [5.74, 6) is -0.323. The van der Waals surface area contributed by atoms with E-state index in [-0.39, 0.29) is 24.8 Å². The smallest absolute Gasteiger partial charge is 0.237 e. The molecule has 15 nitrogen and oxygen atoms in total. The molecule has 0 bridgehead atoms. The minimum Gasteiger partial charge on any atom is -0.388 e. The number of aliphatic hydroxyl groups is 6. The van der Waals surface area contributed by atoms with Crippen molar-refractivity contribution in [3.63, 3.8) is 0 Å². The van der Waals surface area contributed by atoms with Crippen molar-refractivity contribution in [3.8, 4) is 0 Å². The van der Waals surface area contributed by atoms with Crippen molar-refractivity contribution in [1.82, 2.24) is 16.0 Å². The SMILES string of the molecule is CCC1OC(OCC2OC(CNCCCCC(NC)C(=O)NC(CCCCN)C(C)=O)C(O)C(O)C2O)C(O)C(O)C1O. The Morgan fingerprint density at radius 3 is 2.05 bits per heavy atom. The summed E-state index contributed by atoms with van der Waals surface area (Å²) < 4.78 is 16.9. The molecule has 2 fully saturated rings. The largest absolute Gasteiger partial charge is 0.388 e. The number of unbranched alkanes of at least 4 members (excludes halogenated alkanes) is 2. The number of hydrogen-bond acceptors (Lipinski definition) is 14. The Hall–Kier alpha value is -1.34. The van der Waals surface area contributed by atoms with Gasteiger partial charge >= 0.3 is 0 Å². The molecular weight excluding hydrogens is 568 g/mol. The molecule has 0 aromatic heterocycles. The number of likely N-dealkylation sites (N-methyl/N-ethyl adjacent to an activating group) is 1. The normalized spacial score (nSPS) is 34.5. The van der Waals surface area contributed by atoms with Gasteiger partial charge in [-0.2, -0.15) is 0 Å². The van der Waals surface area contributed by atoms with Gasteiger partial charge in [0.1, 0.15) is 42.7 Å². The molecule has 0 saturated carbocycles. The number of amides is 1. The maximum atomic E-state index is 12.7. The van der Waals surface area contributed by atoms with Crippen molar-refractivity contribution >= 4 is 11.7 Å². The molecule has 2 aliphatic heterocycles. The van der Waals surface area contributed by atoms with Gasteiger partial charge < -0.3 is 66.5 Å². The van der Waals surface area contributed by atoms with Crippen LogP contribution >= 0.6 is 0 Å². The molecule has 0 aromatic rings. The number of rotatable bonds is 19. The summed E-state index contributed by atoms with van der Waals surface area (Å²) in [7, 11) is 1.69. The summed E-state index contributed by atoms with van der Waals surface area (Å²) in [6, 6.07) is -0.990. The van der Waals surface area contributed by atoms with E-state index in [1.165, 1.54) is 6.92 Å². The quantitative estimate of drug-likeness (QED) is 0.0632. The second kappa shape index (κ2) is 19.2. The number of carbonyl (C=O) groups is 2. The second-order valence-electron chi connectivity index (χ2n) is 11.4. The highest BCUT2D eigenvalue weighted by molar-refractivity contribution is 5.89. The first kappa shape index (κ1) is 37.8. The van der Waals surface area contributed by atoms with Gasteiger partial charge in [0.15, 0.2) is 12.1 Å². The van der Waals surface area contributed by atoms with Crippen LogP contribution in [-0.4, -0.2) is 149 Å². The summed E-state index contributed by atoms with van der Waals surface area (Å²) >= 11 is 0. The summed E-state index contributed by atoms with van der Waals surface area (Å²) in [4.78, 5) is 24.6. The van der Waals surface area contributed by atoms with E-state index >= 15 is 0 Å². The molecule has 1 amide bonds. The Morgan fingerprint density at radius 1 is 0.814 bits per heavy atom. The van der Waals surface area contributed by atoms with E-state index in [9.17, 15) is 40.2 Å². The molecule has 2 aliphatic rings. The molecule has 2 saturated heterocycles. The molecule has 0 aliphatic carbocycles. The Balaban J connectivity index is 1.77. The molecule has 0 radical (unpaired) electrons. The summed E-state index contributed by atoms with van der Waals surface area (Å²) in [6.45, 7) is 4.11. The third-order valence-electron chi connectivity index (χ3n) is 8.17. The third kappa shape index (κ3) is 11.2. The molecular formula is C28H54N4O11. The monoisotopic (exact) mass is 622 g/mol. The zero-order valence-corrected chi connectivity index (χ0v) is 25.5. The lowest BCUT2D eigenvalue weighted by atomic mass is 9.95. The minimum absolute atomic E-state index is 0.0911. The van der Waals surface area contributed by atoms with Gasteiger partial charge in [0, 0.05) is 6.54 Å². The molecule has 15 heteroatoms. The highest BCUT2D eigenvalue weighted by Gasteiger charge is 2.46. The fraction of sp³-hybridized carbons (Fsp3) is 0.929. The van der Waals surface area contributed by atoms with Crippen molar-refractivity contribution in [2.45, 2.75) is 132 Å². The Morgan fingerprint density at radius 2 is 1.42 bits per heavy atom. The first-order chi connectivity index (χ1) is 20.5. The zero-order valence-electron chi connectivity index (χ0n) is 25.5. The lowest BCUT2D eigenvalue weighted by Gasteiger charge is -2.43. The van der Waals surface area contributed by atoms with Crippen LogP contribution in [0.4, 0.5) is 0 Å². The van der Waals surface area contributed by atoms with E-state index in [2.05, 4.69) is 16.0 Å². The minimum atomic E-state index is -1.53. The topological polar surface area (TPSA) is 245 Å². The van der Waals surface area contributed by atoms with Crippen molar-refractivity contribution in [2.24, 2.45) is 5.73 Å². The van der Waals surface area contributed by atoms with Crippen LogP contribution in [0.2, 0.25) is 0 Å². The predicted molar refractivity (Wildman–Crippen MR) is 155 cm³/mol. The van der Waals surface area contributed by atoms with Gasteiger partial charge in [-0.05, 0) is 65.6 Å². The predicted octanol–water partition coefficient (Wildman–Crippen LogP) is -3.38. The number of nitrogens with one attached hydrogen (secondary N) is 3. The third-order valence-corrected chi connectivity index (χ3v) is 8.17. The van der Waals surface area contributed by atoms with Crippen molar-refractivity contribution < 1.29 is 54.4 Å². The van der Waals surface area contributed by atoms with E-state index in [0.29, 0.717) is 45.2 Å². The molecule has 0 aromatic carbocycles. The standard InChI is InChI=1S/C28H54N4O11/c1-4-18-21(34)25(38)26(39)28(43-18)41-14-20-23(36)24(37)22(35)19(42-20)13-31-12-8-6-10-17(30-3)27(40)32-16(15(2)33)9-5-7-11-29/h16-26,28,30-31,34-39H,4-14,29H2,1-3H3,(H,32,40). The first-order valence-corrected chi connectivity index (χ1v) is 15.4. The fourth-order valence-corrected chi connectivity index (χ4v) is 5.31. The lowest BCUT2D eigenvalue weighted by molar-refractivity contribution is -0.310. The number of ether oxygens (including phenoxy) is 3. The van der Waals surface area contributed by atoms with Gasteiger partial charge in [0.05, 0.1) is 30.9 Å². The molecule has 252 valence electrons. The molecule has 0 spiro atoms. The van der Waals surface area contributed by atoms with Crippen LogP contribution in [0.15, 0.2) is 0 Å². The van der Waals surface area contributed by atoms with Crippen LogP contribution in [0, 0.1) is 0 Å². The van der Waals surface area contributed by atoms with Gasteiger partial charge in [0.2, 0.25) is 5.91 Å². The Bertz CT molecular complexity index is 826. The number of hydrogen-bond donors (Lipinski definition) is 10. The van der Waals surface area contributed by atoms with Gasteiger partial charge in [-0.25, -0.2) is 0 Å². The number of ketones is 1. The molecule has 2 heterocycles. The number of nitrogens with two attached hydrogens (primary N) is 1. The van der Waals surface area contributed by atoms with Gasteiger partial charge in [-0.1, -0.05) is 13.3 Å². The summed E-state index contributed by atoms with van der Waals surface area (Å²) in [5.41, 5.74) is 5.52. The Kier molecular flexibility index (Phi) is 16.9.